The van der Waals surface area contributed by atoms with Gasteiger partial charge < -0.3 is 10.2 Å². The Hall–Kier alpha value is -0.220. The Morgan fingerprint density at radius 1 is 1.31 bits per heavy atom. The number of amides is 1. The molecule has 0 spiro atoms. The highest BCUT2D eigenvalue weighted by Gasteiger charge is 2.23. The summed E-state index contributed by atoms with van der Waals surface area (Å²) >= 11 is 1.92. The molecule has 1 amide bonds. The molecule has 0 radical (unpaired) electrons. The van der Waals surface area contributed by atoms with Gasteiger partial charge in [-0.25, -0.2) is 0 Å². The molecule has 0 aliphatic rings. The largest absolute Gasteiger partial charge is 0.349 e. The van der Waals surface area contributed by atoms with Crippen LogP contribution >= 0.6 is 11.8 Å². The summed E-state index contributed by atoms with van der Waals surface area (Å²) in [7, 11) is 3.60. The minimum Gasteiger partial charge on any atom is -0.349 e. The van der Waals surface area contributed by atoms with Gasteiger partial charge in [-0.05, 0) is 19.1 Å². The fraction of sp³-hybridized carbons (Fsp3) is 0.917. The zero-order chi connectivity index (χ0) is 12.6. The Morgan fingerprint density at radius 2 is 1.88 bits per heavy atom. The van der Waals surface area contributed by atoms with E-state index in [0.29, 0.717) is 11.2 Å². The second kappa shape index (κ2) is 7.96. The summed E-state index contributed by atoms with van der Waals surface area (Å²) in [4.78, 5) is 13.0. The summed E-state index contributed by atoms with van der Waals surface area (Å²) in [5, 5.41) is 3.40. The van der Waals surface area contributed by atoms with Gasteiger partial charge in [-0.3, -0.25) is 4.79 Å². The predicted molar refractivity (Wildman–Crippen MR) is 73.0 cm³/mol. The lowest BCUT2D eigenvalue weighted by Crippen LogP contribution is -2.38. The lowest BCUT2D eigenvalue weighted by molar-refractivity contribution is -0.128. The number of nitrogens with one attached hydrogen (secondary N) is 1. The van der Waals surface area contributed by atoms with Gasteiger partial charge in [0.25, 0.3) is 0 Å². The van der Waals surface area contributed by atoms with Crippen molar-refractivity contribution < 1.29 is 4.79 Å². The Balaban J connectivity index is 3.83. The van der Waals surface area contributed by atoms with Crippen molar-refractivity contribution in [2.24, 2.45) is 0 Å². The van der Waals surface area contributed by atoms with Gasteiger partial charge in [0.05, 0.1) is 0 Å². The molecule has 0 unspecified atom stereocenters. The molecule has 0 aromatic carbocycles. The molecule has 0 saturated heterocycles. The first-order chi connectivity index (χ1) is 7.51. The van der Waals surface area contributed by atoms with Crippen LogP contribution in [0.5, 0.6) is 0 Å². The minimum atomic E-state index is 0.190. The Labute approximate surface area is 104 Å². The molecule has 0 bridgehead atoms. The molecule has 0 aliphatic carbocycles. The summed E-state index contributed by atoms with van der Waals surface area (Å²) in [5.74, 6) is 0.190. The quantitative estimate of drug-likeness (QED) is 0.665. The van der Waals surface area contributed by atoms with E-state index in [1.54, 1.807) is 19.0 Å². The van der Waals surface area contributed by atoms with E-state index in [-0.39, 0.29) is 5.91 Å². The van der Waals surface area contributed by atoms with E-state index < -0.39 is 0 Å². The first-order valence-electron chi connectivity index (χ1n) is 5.97. The van der Waals surface area contributed by atoms with Crippen molar-refractivity contribution in [2.45, 2.75) is 37.9 Å². The second-order valence-corrected chi connectivity index (χ2v) is 5.58. The third-order valence-electron chi connectivity index (χ3n) is 3.18. The molecule has 3 nitrogen and oxygen atoms in total. The zero-order valence-electron chi connectivity index (χ0n) is 11.3. The predicted octanol–water partition coefficient (Wildman–Crippen LogP) is 1.98. The standard InChI is InChI=1S/C12H26N2OS/c1-6-12(7-2,16-5)10-13-9-8-11(15)14(3)4/h13H,6-10H2,1-5H3. The van der Waals surface area contributed by atoms with Gasteiger partial charge in [0.1, 0.15) is 0 Å². The van der Waals surface area contributed by atoms with E-state index in [1.165, 1.54) is 12.8 Å². The van der Waals surface area contributed by atoms with E-state index in [4.69, 9.17) is 0 Å². The second-order valence-electron chi connectivity index (χ2n) is 4.31. The van der Waals surface area contributed by atoms with Crippen molar-refractivity contribution in [3.63, 3.8) is 0 Å². The van der Waals surface area contributed by atoms with Crippen LogP contribution in [0.4, 0.5) is 0 Å². The highest BCUT2D eigenvalue weighted by Crippen LogP contribution is 2.29. The third-order valence-corrected chi connectivity index (χ3v) is 4.77. The fourth-order valence-corrected chi connectivity index (χ4v) is 2.42. The monoisotopic (exact) mass is 246 g/mol. The van der Waals surface area contributed by atoms with Crippen molar-refractivity contribution in [3.8, 4) is 0 Å². The normalized spacial score (nSPS) is 11.6. The van der Waals surface area contributed by atoms with Crippen LogP contribution in [0, 0.1) is 0 Å². The molecule has 96 valence electrons. The zero-order valence-corrected chi connectivity index (χ0v) is 12.1. The average Bonchev–Trinajstić information content (AvgIpc) is 2.30. The fourth-order valence-electron chi connectivity index (χ4n) is 1.60. The van der Waals surface area contributed by atoms with E-state index in [1.807, 2.05) is 11.8 Å². The Morgan fingerprint density at radius 3 is 2.25 bits per heavy atom. The highest BCUT2D eigenvalue weighted by atomic mass is 32.2. The minimum absolute atomic E-state index is 0.190. The van der Waals surface area contributed by atoms with E-state index >= 15 is 0 Å². The van der Waals surface area contributed by atoms with Gasteiger partial charge in [-0.1, -0.05) is 13.8 Å². The van der Waals surface area contributed by atoms with Gasteiger partial charge in [-0.2, -0.15) is 11.8 Å². The first kappa shape index (κ1) is 15.8. The van der Waals surface area contributed by atoms with Crippen LogP contribution in [-0.2, 0) is 4.79 Å². The molecule has 0 aromatic rings. The van der Waals surface area contributed by atoms with Crippen LogP contribution in [0.3, 0.4) is 0 Å². The summed E-state index contributed by atoms with van der Waals surface area (Å²) in [6.45, 7) is 6.22. The van der Waals surface area contributed by atoms with Gasteiger partial charge >= 0.3 is 0 Å². The topological polar surface area (TPSA) is 32.3 Å². The highest BCUT2D eigenvalue weighted by molar-refractivity contribution is 8.00. The molecule has 0 atom stereocenters. The van der Waals surface area contributed by atoms with E-state index in [2.05, 4.69) is 25.4 Å². The summed E-state index contributed by atoms with van der Waals surface area (Å²) in [6, 6.07) is 0. The molecule has 16 heavy (non-hydrogen) atoms. The van der Waals surface area contributed by atoms with Crippen molar-refractivity contribution in [1.82, 2.24) is 10.2 Å². The Kier molecular flexibility index (Phi) is 7.85. The molecular weight excluding hydrogens is 220 g/mol. The number of hydrogen-bond donors (Lipinski definition) is 1. The number of rotatable bonds is 8. The van der Waals surface area contributed by atoms with Crippen LogP contribution in [-0.4, -0.2) is 49.0 Å². The molecule has 0 aromatic heterocycles. The smallest absolute Gasteiger partial charge is 0.223 e. The molecule has 0 aliphatic heterocycles. The van der Waals surface area contributed by atoms with Gasteiger partial charge in [0, 0.05) is 38.4 Å². The number of nitrogens with zero attached hydrogens (tertiary/aromatic N) is 1. The lowest BCUT2D eigenvalue weighted by Gasteiger charge is -2.30. The first-order valence-corrected chi connectivity index (χ1v) is 7.19. The molecule has 0 fully saturated rings. The number of carbonyl (C=O) groups excluding carboxylic acids is 1. The van der Waals surface area contributed by atoms with Gasteiger partial charge in [-0.15, -0.1) is 0 Å². The molecular formula is C12H26N2OS. The SMILES string of the molecule is CCC(CC)(CNCCC(=O)N(C)C)SC. The lowest BCUT2D eigenvalue weighted by atomic mass is 10.0. The van der Waals surface area contributed by atoms with Gasteiger partial charge in [0.2, 0.25) is 5.91 Å². The van der Waals surface area contributed by atoms with Gasteiger partial charge in [0.15, 0.2) is 0 Å². The summed E-state index contributed by atoms with van der Waals surface area (Å²) in [6.07, 6.45) is 5.09. The molecule has 1 N–H and O–H groups in total. The van der Waals surface area contributed by atoms with Crippen LogP contribution in [0.15, 0.2) is 0 Å². The van der Waals surface area contributed by atoms with Crippen LogP contribution < -0.4 is 5.32 Å². The molecule has 0 rings (SSSR count). The van der Waals surface area contributed by atoms with Crippen molar-refractivity contribution in [2.75, 3.05) is 33.4 Å². The number of carbonyl (C=O) groups is 1. The van der Waals surface area contributed by atoms with E-state index in [9.17, 15) is 4.79 Å². The number of hydrogen-bond acceptors (Lipinski definition) is 3. The Bertz CT molecular complexity index is 195. The average molecular weight is 246 g/mol. The summed E-state index contributed by atoms with van der Waals surface area (Å²) in [5.41, 5.74) is 0. The van der Waals surface area contributed by atoms with E-state index in [0.717, 1.165) is 13.1 Å². The molecule has 4 heteroatoms. The van der Waals surface area contributed by atoms with Crippen LogP contribution in [0.1, 0.15) is 33.1 Å². The maximum Gasteiger partial charge on any atom is 0.223 e. The van der Waals surface area contributed by atoms with Crippen molar-refractivity contribution in [3.05, 3.63) is 0 Å². The maximum absolute atomic E-state index is 11.4. The van der Waals surface area contributed by atoms with Crippen LogP contribution in [0.25, 0.3) is 0 Å². The maximum atomic E-state index is 11.4. The third kappa shape index (κ3) is 5.21. The summed E-state index contributed by atoms with van der Waals surface area (Å²) < 4.78 is 0.334. The van der Waals surface area contributed by atoms with Crippen molar-refractivity contribution >= 4 is 17.7 Å². The number of thioether (sulfide) groups is 1. The van der Waals surface area contributed by atoms with Crippen LogP contribution in [0.2, 0.25) is 0 Å². The van der Waals surface area contributed by atoms with Crippen molar-refractivity contribution in [1.29, 1.82) is 0 Å². The molecule has 0 heterocycles. The molecule has 0 saturated carbocycles.